The molecule has 0 aliphatic carbocycles. The lowest BCUT2D eigenvalue weighted by Gasteiger charge is -2.18. The summed E-state index contributed by atoms with van der Waals surface area (Å²) >= 11 is 2.14. The van der Waals surface area contributed by atoms with Gasteiger partial charge in [0.15, 0.2) is 0 Å². The van der Waals surface area contributed by atoms with Crippen LogP contribution in [0.2, 0.25) is 0 Å². The van der Waals surface area contributed by atoms with Crippen molar-refractivity contribution < 1.29 is 43.7 Å². The van der Waals surface area contributed by atoms with Gasteiger partial charge in [0, 0.05) is 28.5 Å². The molecule has 170 valence electrons. The predicted octanol–water partition coefficient (Wildman–Crippen LogP) is 1.73. The molecule has 2 amide bonds. The van der Waals surface area contributed by atoms with Crippen molar-refractivity contribution >= 4 is 53.0 Å². The molecule has 0 fully saturated rings. The Labute approximate surface area is 191 Å². The van der Waals surface area contributed by atoms with E-state index in [1.807, 2.05) is 17.4 Å². The number of hydrogen-bond donors (Lipinski definition) is 4. The molecule has 31 heavy (non-hydrogen) atoms. The van der Waals surface area contributed by atoms with Crippen molar-refractivity contribution in [2.45, 2.75) is 44.4 Å². The first kappa shape index (κ1) is 26.1. The SMILES string of the molecule is O=CO[C@H](CCCCNC(=O)c1ccc(I)cc1)OC(=O)N[C@@H](CCC(=O)O)C(=O)O. The fourth-order valence-electron chi connectivity index (χ4n) is 2.38. The lowest BCUT2D eigenvalue weighted by molar-refractivity contribution is -0.154. The summed E-state index contributed by atoms with van der Waals surface area (Å²) < 4.78 is 10.6. The molecule has 0 saturated heterocycles. The summed E-state index contributed by atoms with van der Waals surface area (Å²) in [5.74, 6) is -2.86. The van der Waals surface area contributed by atoms with Gasteiger partial charge in [-0.2, -0.15) is 0 Å². The van der Waals surface area contributed by atoms with Crippen molar-refractivity contribution in [3.05, 3.63) is 33.4 Å². The third kappa shape index (κ3) is 11.2. The van der Waals surface area contributed by atoms with Gasteiger partial charge >= 0.3 is 18.0 Å². The minimum Gasteiger partial charge on any atom is -0.481 e. The first-order valence-corrected chi connectivity index (χ1v) is 10.4. The second kappa shape index (κ2) is 14.2. The minimum atomic E-state index is -1.46. The maximum Gasteiger partial charge on any atom is 0.410 e. The van der Waals surface area contributed by atoms with Gasteiger partial charge in [-0.05, 0) is 66.1 Å². The van der Waals surface area contributed by atoms with E-state index < -0.39 is 36.8 Å². The lowest BCUT2D eigenvalue weighted by atomic mass is 10.1. The Morgan fingerprint density at radius 2 is 1.74 bits per heavy atom. The highest BCUT2D eigenvalue weighted by atomic mass is 127. The summed E-state index contributed by atoms with van der Waals surface area (Å²) in [6.45, 7) is 0.441. The van der Waals surface area contributed by atoms with Crippen molar-refractivity contribution in [1.29, 1.82) is 0 Å². The lowest BCUT2D eigenvalue weighted by Crippen LogP contribution is -2.42. The molecule has 1 aromatic carbocycles. The molecule has 0 radical (unpaired) electrons. The number of ether oxygens (including phenoxy) is 2. The highest BCUT2D eigenvalue weighted by Gasteiger charge is 2.24. The average molecular weight is 550 g/mol. The number of hydrogen-bond acceptors (Lipinski definition) is 7. The van der Waals surface area contributed by atoms with Gasteiger partial charge < -0.3 is 30.3 Å². The van der Waals surface area contributed by atoms with Gasteiger partial charge in [0.05, 0.1) is 0 Å². The van der Waals surface area contributed by atoms with Crippen molar-refractivity contribution in [2.75, 3.05) is 6.54 Å². The average Bonchev–Trinajstić information content (AvgIpc) is 2.70. The van der Waals surface area contributed by atoms with Crippen LogP contribution >= 0.6 is 22.6 Å². The van der Waals surface area contributed by atoms with Crippen LogP contribution in [0.5, 0.6) is 0 Å². The monoisotopic (exact) mass is 550 g/mol. The molecular weight excluding hydrogens is 527 g/mol. The summed E-state index contributed by atoms with van der Waals surface area (Å²) in [5, 5.41) is 22.4. The van der Waals surface area contributed by atoms with E-state index in [0.717, 1.165) is 3.57 Å². The fourth-order valence-corrected chi connectivity index (χ4v) is 2.74. The van der Waals surface area contributed by atoms with E-state index in [1.54, 1.807) is 12.1 Å². The topological polar surface area (TPSA) is 168 Å². The minimum absolute atomic E-state index is 0.0929. The summed E-state index contributed by atoms with van der Waals surface area (Å²) in [4.78, 5) is 56.1. The van der Waals surface area contributed by atoms with Gasteiger partial charge in [-0.25, -0.2) is 9.59 Å². The molecule has 1 aromatic rings. The van der Waals surface area contributed by atoms with E-state index in [2.05, 4.69) is 32.6 Å². The van der Waals surface area contributed by atoms with E-state index in [4.69, 9.17) is 14.9 Å². The molecule has 11 nitrogen and oxygen atoms in total. The molecule has 0 heterocycles. The molecule has 0 aliphatic rings. The van der Waals surface area contributed by atoms with Crippen LogP contribution in [0.1, 0.15) is 42.5 Å². The maximum absolute atomic E-state index is 12.0. The van der Waals surface area contributed by atoms with Gasteiger partial charge in [-0.15, -0.1) is 0 Å². The van der Waals surface area contributed by atoms with E-state index in [-0.39, 0.29) is 25.2 Å². The van der Waals surface area contributed by atoms with Crippen LogP contribution in [-0.4, -0.2) is 59.5 Å². The van der Waals surface area contributed by atoms with Gasteiger partial charge in [0.2, 0.25) is 6.29 Å². The van der Waals surface area contributed by atoms with Crippen molar-refractivity contribution in [1.82, 2.24) is 10.6 Å². The quantitative estimate of drug-likeness (QED) is 0.117. The van der Waals surface area contributed by atoms with Gasteiger partial charge in [0.1, 0.15) is 6.04 Å². The summed E-state index contributed by atoms with van der Waals surface area (Å²) in [6, 6.07) is 5.58. The second-order valence-corrected chi connectivity index (χ2v) is 7.54. The number of carboxylic acid groups (broad SMARTS) is 2. The Kier molecular flexibility index (Phi) is 11.9. The molecule has 0 aromatic heterocycles. The van der Waals surface area contributed by atoms with Crippen LogP contribution in [-0.2, 0) is 23.9 Å². The number of benzene rings is 1. The summed E-state index contributed by atoms with van der Waals surface area (Å²) in [6.07, 6.45) is -2.14. The molecule has 0 spiro atoms. The van der Waals surface area contributed by atoms with E-state index in [0.29, 0.717) is 24.9 Å². The zero-order valence-electron chi connectivity index (χ0n) is 16.4. The number of halogens is 1. The van der Waals surface area contributed by atoms with E-state index in [9.17, 15) is 24.0 Å². The number of unbranched alkanes of at least 4 members (excludes halogenated alkanes) is 1. The number of aliphatic carboxylic acids is 2. The third-order valence-corrected chi connectivity index (χ3v) is 4.66. The van der Waals surface area contributed by atoms with Crippen molar-refractivity contribution in [3.8, 4) is 0 Å². The Bertz CT molecular complexity index is 770. The Morgan fingerprint density at radius 3 is 2.32 bits per heavy atom. The van der Waals surface area contributed by atoms with Crippen molar-refractivity contribution in [3.63, 3.8) is 0 Å². The standard InChI is InChI=1S/C19H23IN2O9/c20-13-6-4-12(5-7-13)17(26)21-10-2-1-3-16(30-11-23)31-19(29)22-14(18(27)28)8-9-15(24)25/h4-7,11,14,16H,1-3,8-10H2,(H,21,26)(H,22,29)(H,24,25)(H,27,28)/t14-,16-/m0/s1. The maximum atomic E-state index is 12.0. The van der Waals surface area contributed by atoms with Crippen LogP contribution < -0.4 is 10.6 Å². The predicted molar refractivity (Wildman–Crippen MR) is 114 cm³/mol. The number of amides is 2. The van der Waals surface area contributed by atoms with Gasteiger partial charge in [0.25, 0.3) is 12.4 Å². The summed E-state index contributed by atoms with van der Waals surface area (Å²) in [7, 11) is 0. The molecule has 0 bridgehead atoms. The fraction of sp³-hybridized carbons (Fsp3) is 0.421. The molecule has 4 N–H and O–H groups in total. The number of alkyl carbamates (subject to hydrolysis) is 1. The van der Waals surface area contributed by atoms with Crippen LogP contribution in [0.4, 0.5) is 4.79 Å². The molecule has 1 rings (SSSR count). The molecule has 0 saturated carbocycles. The number of carbonyl (C=O) groups excluding carboxylic acids is 3. The summed E-state index contributed by atoms with van der Waals surface area (Å²) in [5.41, 5.74) is 0.526. The Morgan fingerprint density at radius 1 is 1.06 bits per heavy atom. The van der Waals surface area contributed by atoms with Crippen LogP contribution in [0, 0.1) is 3.57 Å². The zero-order chi connectivity index (χ0) is 23.2. The van der Waals surface area contributed by atoms with Crippen LogP contribution in [0.25, 0.3) is 0 Å². The highest BCUT2D eigenvalue weighted by Crippen LogP contribution is 2.09. The van der Waals surface area contributed by atoms with Gasteiger partial charge in [-0.1, -0.05) is 0 Å². The Balaban J connectivity index is 2.38. The van der Waals surface area contributed by atoms with E-state index in [1.165, 1.54) is 0 Å². The third-order valence-electron chi connectivity index (χ3n) is 3.94. The number of nitrogens with one attached hydrogen (secondary N) is 2. The smallest absolute Gasteiger partial charge is 0.410 e. The van der Waals surface area contributed by atoms with Crippen LogP contribution in [0.3, 0.4) is 0 Å². The normalized spacial score (nSPS) is 12.2. The number of carbonyl (C=O) groups is 5. The molecule has 0 aliphatic heterocycles. The molecule has 12 heteroatoms. The Hall–Kier alpha value is -2.90. The first-order chi connectivity index (χ1) is 14.7. The molecule has 2 atom stereocenters. The molecule has 0 unspecified atom stereocenters. The van der Waals surface area contributed by atoms with Crippen LogP contribution in [0.15, 0.2) is 24.3 Å². The second-order valence-electron chi connectivity index (χ2n) is 6.29. The zero-order valence-corrected chi connectivity index (χ0v) is 18.6. The largest absolute Gasteiger partial charge is 0.481 e. The molecular formula is C19H23IN2O9. The number of carboxylic acids is 2. The number of rotatable bonds is 14. The van der Waals surface area contributed by atoms with E-state index >= 15 is 0 Å². The van der Waals surface area contributed by atoms with Crippen molar-refractivity contribution in [2.24, 2.45) is 0 Å². The van der Waals surface area contributed by atoms with Gasteiger partial charge in [-0.3, -0.25) is 14.4 Å². The first-order valence-electron chi connectivity index (χ1n) is 9.27. The highest BCUT2D eigenvalue weighted by molar-refractivity contribution is 14.1.